The number of halogens is 4. The Morgan fingerprint density at radius 2 is 0.684 bits per heavy atom. The number of aliphatic hydroxyl groups is 3. The minimum absolute atomic E-state index is 0.0573. The van der Waals surface area contributed by atoms with E-state index in [1.54, 1.807) is 40.7 Å². The zero-order valence-corrected chi connectivity index (χ0v) is 60.2. The van der Waals surface area contributed by atoms with Gasteiger partial charge >= 0.3 is 6.18 Å². The number of hydrogen-bond acceptors (Lipinski definition) is 7. The molecule has 0 radical (unpaired) electrons. The Hall–Kier alpha value is -0.820. The molecular weight excluding hydrogens is 1000 g/mol. The van der Waals surface area contributed by atoms with Crippen LogP contribution in [0.5, 0.6) is 0 Å². The highest BCUT2D eigenvalue weighted by molar-refractivity contribution is 4.92. The third-order valence-corrected chi connectivity index (χ3v) is 17.6. The molecule has 0 aromatic carbocycles. The van der Waals surface area contributed by atoms with Crippen molar-refractivity contribution >= 4 is 0 Å². The van der Waals surface area contributed by atoms with Gasteiger partial charge in [-0.3, -0.25) is 0 Å². The zero-order valence-electron chi connectivity index (χ0n) is 60.2. The fraction of sp³-hybridized carbons (Fsp3) is 0.971. The highest BCUT2D eigenvalue weighted by Gasteiger charge is 2.56. The molecule has 0 amide bonds. The van der Waals surface area contributed by atoms with Gasteiger partial charge in [-0.25, -0.2) is 4.39 Å². The fourth-order valence-electron chi connectivity index (χ4n) is 7.60. The molecule has 0 spiro atoms. The number of nitrogens with two attached hydrogens (primary N) is 1. The summed E-state index contributed by atoms with van der Waals surface area (Å²) in [6.45, 7) is 85.1. The van der Waals surface area contributed by atoms with Gasteiger partial charge in [0, 0.05) is 12.1 Å². The second-order valence-corrected chi connectivity index (χ2v) is 32.7. The van der Waals surface area contributed by atoms with E-state index in [1.807, 2.05) is 20.8 Å². The van der Waals surface area contributed by atoms with Crippen LogP contribution in [-0.4, -0.2) is 88.6 Å². The van der Waals surface area contributed by atoms with Gasteiger partial charge in [0.05, 0.1) is 43.7 Å². The van der Waals surface area contributed by atoms with Crippen LogP contribution in [0, 0.1) is 79.3 Å². The van der Waals surface area contributed by atoms with Gasteiger partial charge in [0.25, 0.3) is 0 Å². The maximum absolute atomic E-state index is 13.3. The predicted molar refractivity (Wildman–Crippen MR) is 341 cm³/mol. The first-order chi connectivity index (χ1) is 34.0. The van der Waals surface area contributed by atoms with Crippen LogP contribution < -0.4 is 5.73 Å². The van der Waals surface area contributed by atoms with Crippen LogP contribution in [0.25, 0.3) is 0 Å². The van der Waals surface area contributed by atoms with Crippen LogP contribution in [0.1, 0.15) is 276 Å². The van der Waals surface area contributed by atoms with Crippen LogP contribution in [0.4, 0.5) is 17.6 Å². The van der Waals surface area contributed by atoms with E-state index < -0.39 is 34.4 Å². The van der Waals surface area contributed by atoms with Gasteiger partial charge in [-0.1, -0.05) is 207 Å². The van der Waals surface area contributed by atoms with Crippen molar-refractivity contribution in [1.82, 2.24) is 0 Å². The van der Waals surface area contributed by atoms with Gasteiger partial charge in [-0.05, 0) is 155 Å². The van der Waals surface area contributed by atoms with Gasteiger partial charge < -0.3 is 35.3 Å². The number of rotatable bonds is 16. The molecule has 11 heteroatoms. The maximum Gasteiger partial charge on any atom is 0.417 e. The molecular formula is C68H145F4NO6. The lowest BCUT2D eigenvalue weighted by molar-refractivity contribution is -0.280. The molecule has 0 aromatic rings. The highest BCUT2D eigenvalue weighted by atomic mass is 19.4. The maximum atomic E-state index is 13.3. The zero-order chi connectivity index (χ0) is 66.1. The number of ether oxygens (including phenoxy) is 3. The standard InChI is InChI=1S/C11H24O.C11H22O.C10H22O2.C9H17F3O.C9H19F.C9H21N.C9H20O/c2*1-7-8-12-10(3)9(2)11(4,5)6;1-8(10(3,4)5)9(2)12-7-6-11;1-6(7(2,3)4)8(5,13)9(10,11)12;3*1-7(8(2,3)4)9(5,6)10/h9-10H,7-8H2,1-6H3;7,9-10H,1,8H2,2-6H3;8-9,11H,6-7H2,1-5H3;6,13H,1-5H3;7H,1-6H3;7H,10H2,1-6H3;7,10H,1-6H3. The van der Waals surface area contributed by atoms with Crippen molar-refractivity contribution in [2.24, 2.45) is 85.1 Å². The van der Waals surface area contributed by atoms with Gasteiger partial charge in [-0.2, -0.15) is 13.2 Å². The van der Waals surface area contributed by atoms with Crippen molar-refractivity contribution in [2.45, 2.75) is 323 Å². The van der Waals surface area contributed by atoms with Gasteiger partial charge in [0.2, 0.25) is 0 Å². The monoisotopic (exact) mass is 1150 g/mol. The van der Waals surface area contributed by atoms with Crippen LogP contribution in [0.15, 0.2) is 12.7 Å². The van der Waals surface area contributed by atoms with Crippen LogP contribution >= 0.6 is 0 Å². The van der Waals surface area contributed by atoms with Gasteiger partial charge in [0.15, 0.2) is 5.60 Å². The Morgan fingerprint density at radius 3 is 0.810 bits per heavy atom. The number of alkyl halides is 4. The molecule has 5 N–H and O–H groups in total. The van der Waals surface area contributed by atoms with Crippen LogP contribution in [0.3, 0.4) is 0 Å². The normalized spacial score (nSPS) is 17.9. The molecule has 0 rings (SSSR count). The smallest absolute Gasteiger partial charge is 0.394 e. The third kappa shape index (κ3) is 45.3. The largest absolute Gasteiger partial charge is 0.417 e. The Morgan fingerprint density at radius 1 is 0.418 bits per heavy atom. The minimum atomic E-state index is -4.57. The summed E-state index contributed by atoms with van der Waals surface area (Å²) in [5.41, 5.74) is 2.63. The van der Waals surface area contributed by atoms with Gasteiger partial charge in [-0.15, -0.1) is 6.58 Å². The van der Waals surface area contributed by atoms with E-state index in [-0.39, 0.29) is 40.4 Å². The molecule has 79 heavy (non-hydrogen) atoms. The molecule has 0 bridgehead atoms. The third-order valence-electron chi connectivity index (χ3n) is 17.6. The van der Waals surface area contributed by atoms with E-state index in [0.717, 1.165) is 20.0 Å². The topological polar surface area (TPSA) is 114 Å². The Balaban J connectivity index is -0.000000153. The van der Waals surface area contributed by atoms with Crippen molar-refractivity contribution < 1.29 is 47.1 Å². The lowest BCUT2D eigenvalue weighted by Crippen LogP contribution is -2.51. The lowest BCUT2D eigenvalue weighted by Gasteiger charge is -2.40. The molecule has 0 aliphatic heterocycles. The van der Waals surface area contributed by atoms with E-state index in [1.165, 1.54) is 6.92 Å². The summed E-state index contributed by atoms with van der Waals surface area (Å²) in [5, 5.41) is 27.5. The van der Waals surface area contributed by atoms with Crippen LogP contribution in [0.2, 0.25) is 0 Å². The fourth-order valence-corrected chi connectivity index (χ4v) is 7.60. The Kier molecular flexibility index (Phi) is 42.9. The molecule has 0 aliphatic rings. The lowest BCUT2D eigenvalue weighted by atomic mass is 9.72. The second kappa shape index (κ2) is 36.9. The van der Waals surface area contributed by atoms with E-state index in [9.17, 15) is 27.8 Å². The van der Waals surface area contributed by atoms with Crippen molar-refractivity contribution in [3.05, 3.63) is 12.7 Å². The number of hydrogen-bond donors (Lipinski definition) is 4. The Labute approximate surface area is 492 Å². The average molecular weight is 1150 g/mol. The molecule has 0 aliphatic carbocycles. The highest BCUT2D eigenvalue weighted by Crippen LogP contribution is 2.44. The van der Waals surface area contributed by atoms with Crippen molar-refractivity contribution in [2.75, 3.05) is 26.4 Å². The first kappa shape index (κ1) is 91.9. The minimum Gasteiger partial charge on any atom is -0.394 e. The molecule has 0 saturated heterocycles. The second-order valence-electron chi connectivity index (χ2n) is 32.7. The summed E-state index contributed by atoms with van der Waals surface area (Å²) in [6.07, 6.45) is -0.752. The van der Waals surface area contributed by atoms with Crippen LogP contribution in [-0.2, 0) is 14.2 Å². The van der Waals surface area contributed by atoms with E-state index in [0.29, 0.717) is 71.3 Å². The first-order valence-electron chi connectivity index (χ1n) is 30.1. The Bertz CT molecular complexity index is 1350. The molecule has 0 saturated carbocycles. The quantitative estimate of drug-likeness (QED) is 0.0899. The van der Waals surface area contributed by atoms with Crippen molar-refractivity contribution in [3.8, 4) is 0 Å². The predicted octanol–water partition coefficient (Wildman–Crippen LogP) is 20.1. The van der Waals surface area contributed by atoms with Crippen molar-refractivity contribution in [3.63, 3.8) is 0 Å². The molecule has 0 fully saturated rings. The molecule has 486 valence electrons. The van der Waals surface area contributed by atoms with Gasteiger partial charge in [0.1, 0.15) is 5.67 Å². The van der Waals surface area contributed by atoms with E-state index in [4.69, 9.17) is 25.1 Å². The summed E-state index contributed by atoms with van der Waals surface area (Å²) in [7, 11) is 0. The van der Waals surface area contributed by atoms with E-state index in [2.05, 4.69) is 207 Å². The molecule has 7 nitrogen and oxygen atoms in total. The summed E-state index contributed by atoms with van der Waals surface area (Å²) in [4.78, 5) is 0. The average Bonchev–Trinajstić information content (AvgIpc) is 3.22. The van der Waals surface area contributed by atoms with Crippen molar-refractivity contribution in [1.29, 1.82) is 0 Å². The molecule has 11 unspecified atom stereocenters. The summed E-state index contributed by atoms with van der Waals surface area (Å²) in [5.74, 6) is 1.80. The summed E-state index contributed by atoms with van der Waals surface area (Å²) < 4.78 is 67.0. The summed E-state index contributed by atoms with van der Waals surface area (Å²) >= 11 is 0. The number of aliphatic hydroxyl groups excluding tert-OH is 1. The molecule has 11 atom stereocenters. The molecule has 0 aromatic heterocycles. The first-order valence-corrected chi connectivity index (χ1v) is 30.1. The SMILES string of the molecule is C=CCOC(C)C(C)C(C)(C)C.CC(C(C)(C)C)C(C)(C)F.CC(C(C)(C)C)C(C)(C)N.CC(C(C)(C)C)C(C)(C)O.CC(C(C)(C)C)C(C)(O)C(F)(F)F.CC(OCCO)C(C)C(C)(C)C.CCCOC(C)C(C)C(C)(C)C. The summed E-state index contributed by atoms with van der Waals surface area (Å²) in [6, 6.07) is 0. The molecule has 0 heterocycles. The van der Waals surface area contributed by atoms with E-state index >= 15 is 0 Å².